The van der Waals surface area contributed by atoms with Gasteiger partial charge in [0, 0.05) is 24.0 Å². The molecule has 2 heterocycles. The highest BCUT2D eigenvalue weighted by molar-refractivity contribution is 5.94. The van der Waals surface area contributed by atoms with Crippen LogP contribution in [-0.2, 0) is 23.6 Å². The van der Waals surface area contributed by atoms with Crippen LogP contribution in [0.1, 0.15) is 103 Å². The van der Waals surface area contributed by atoms with E-state index < -0.39 is 17.0 Å². The Labute approximate surface area is 184 Å². The highest BCUT2D eigenvalue weighted by Crippen LogP contribution is 2.53. The minimum atomic E-state index is -0.935. The van der Waals surface area contributed by atoms with Crippen LogP contribution < -0.4 is 0 Å². The van der Waals surface area contributed by atoms with Crippen molar-refractivity contribution >= 4 is 17.5 Å². The predicted octanol–water partition coefficient (Wildman–Crippen LogP) is 5.30. The third-order valence-electron chi connectivity index (χ3n) is 6.84. The normalized spacial score (nSPS) is 18.5. The van der Waals surface area contributed by atoms with Crippen molar-refractivity contribution in [3.63, 3.8) is 0 Å². The molecule has 0 radical (unpaired) electrons. The summed E-state index contributed by atoms with van der Waals surface area (Å²) in [5.74, 6) is -1.31. The van der Waals surface area contributed by atoms with Gasteiger partial charge in [-0.05, 0) is 84.1 Å². The Morgan fingerprint density at radius 3 is 2.19 bits per heavy atom. The molecular formula is C25H34N2O4. The van der Waals surface area contributed by atoms with E-state index in [-0.39, 0.29) is 5.97 Å². The maximum atomic E-state index is 12.9. The molecule has 1 unspecified atom stereocenters. The number of hydrogen-bond donors (Lipinski definition) is 2. The summed E-state index contributed by atoms with van der Waals surface area (Å²) < 4.78 is 7.45. The molecule has 1 atom stereocenters. The molecule has 0 saturated heterocycles. The first kappa shape index (κ1) is 22.9. The number of fused-ring (bicyclic) bond motifs is 1. The van der Waals surface area contributed by atoms with Gasteiger partial charge in [-0.25, -0.2) is 9.59 Å². The van der Waals surface area contributed by atoms with Crippen LogP contribution >= 0.6 is 0 Å². The molecule has 0 aliphatic heterocycles. The molecule has 3 rings (SSSR count). The van der Waals surface area contributed by atoms with Gasteiger partial charge >= 0.3 is 11.9 Å². The molecule has 0 saturated carbocycles. The average Bonchev–Trinajstić information content (AvgIpc) is 3.18. The number of carboxylic acids is 1. The van der Waals surface area contributed by atoms with Crippen LogP contribution in [0.4, 0.5) is 0 Å². The van der Waals surface area contributed by atoms with Gasteiger partial charge in [-0.2, -0.15) is 0 Å². The molecular weight excluding hydrogens is 392 g/mol. The van der Waals surface area contributed by atoms with Crippen molar-refractivity contribution in [3.8, 4) is 0 Å². The Kier molecular flexibility index (Phi) is 5.28. The number of H-pyrrole nitrogens is 1. The summed E-state index contributed by atoms with van der Waals surface area (Å²) in [6.07, 6.45) is 0.743. The quantitative estimate of drug-likeness (QED) is 0.650. The predicted molar refractivity (Wildman–Crippen MR) is 122 cm³/mol. The van der Waals surface area contributed by atoms with E-state index in [0.29, 0.717) is 11.4 Å². The number of hydrogen-bond acceptors (Lipinski definition) is 3. The first-order valence-corrected chi connectivity index (χ1v) is 10.7. The number of carbonyl (C=O) groups excluding carboxylic acids is 1. The Balaban J connectivity index is 2.32. The maximum absolute atomic E-state index is 12.9. The van der Waals surface area contributed by atoms with Crippen molar-refractivity contribution in [1.29, 1.82) is 0 Å². The number of aromatic carboxylic acids is 1. The van der Waals surface area contributed by atoms with E-state index in [4.69, 9.17) is 4.74 Å². The second kappa shape index (κ2) is 7.14. The molecule has 31 heavy (non-hydrogen) atoms. The maximum Gasteiger partial charge on any atom is 0.355 e. The van der Waals surface area contributed by atoms with E-state index in [1.54, 1.807) is 4.57 Å². The monoisotopic (exact) mass is 426 g/mol. The van der Waals surface area contributed by atoms with Gasteiger partial charge in [-0.1, -0.05) is 12.5 Å². The minimum Gasteiger partial charge on any atom is -0.477 e. The lowest BCUT2D eigenvalue weighted by Gasteiger charge is -2.30. The molecule has 168 valence electrons. The number of aromatic nitrogens is 2. The van der Waals surface area contributed by atoms with E-state index in [0.717, 1.165) is 51.2 Å². The molecule has 0 fully saturated rings. The summed E-state index contributed by atoms with van der Waals surface area (Å²) in [5, 5.41) is 9.82. The largest absolute Gasteiger partial charge is 0.477 e. The lowest BCUT2D eigenvalue weighted by atomic mass is 9.77. The molecule has 1 aliphatic carbocycles. The lowest BCUT2D eigenvalue weighted by Crippen LogP contribution is -2.29. The summed E-state index contributed by atoms with van der Waals surface area (Å²) in [4.78, 5) is 28.3. The molecule has 0 spiro atoms. The fourth-order valence-electron chi connectivity index (χ4n) is 5.26. The molecule has 2 aromatic rings. The molecule has 0 amide bonds. The number of nitrogens with zero attached hydrogens (tertiary/aromatic N) is 1. The first-order valence-electron chi connectivity index (χ1n) is 10.7. The number of esters is 1. The van der Waals surface area contributed by atoms with E-state index in [1.165, 1.54) is 0 Å². The Morgan fingerprint density at radius 2 is 1.71 bits per heavy atom. The van der Waals surface area contributed by atoms with Crippen molar-refractivity contribution in [3.05, 3.63) is 50.6 Å². The summed E-state index contributed by atoms with van der Waals surface area (Å²) >= 11 is 0. The SMILES string of the molecule is CCc1c(C2(C)C(C)=C(C)c3c(C)c(C(=O)O)n(C)c32)[nH]c(C(=O)OC(C)(C)C)c1C. The van der Waals surface area contributed by atoms with Gasteiger partial charge < -0.3 is 19.4 Å². The smallest absolute Gasteiger partial charge is 0.355 e. The number of carboxylic acid groups (broad SMARTS) is 1. The fraction of sp³-hybridized carbons (Fsp3) is 0.520. The van der Waals surface area contributed by atoms with Gasteiger partial charge in [0.25, 0.3) is 0 Å². The number of aromatic amines is 1. The third kappa shape index (κ3) is 3.15. The minimum absolute atomic E-state index is 0.303. The molecule has 6 heteroatoms. The molecule has 0 aromatic carbocycles. The van der Waals surface area contributed by atoms with Crippen LogP contribution in [0.15, 0.2) is 5.57 Å². The van der Waals surface area contributed by atoms with Crippen molar-refractivity contribution in [2.75, 3.05) is 0 Å². The average molecular weight is 427 g/mol. The van der Waals surface area contributed by atoms with Crippen molar-refractivity contribution in [1.82, 2.24) is 9.55 Å². The second-order valence-electron chi connectivity index (χ2n) is 9.77. The summed E-state index contributed by atoms with van der Waals surface area (Å²) in [6, 6.07) is 0. The standard InChI is InChI=1S/C25H34N2O4/c1-11-16-13(3)18(23(30)31-24(6,7)8)26-20(16)25(9)15(5)12(2)17-14(4)19(22(28)29)27(10)21(17)25/h26H,11H2,1-10H3,(H,28,29). The van der Waals surface area contributed by atoms with Gasteiger partial charge in [-0.15, -0.1) is 0 Å². The van der Waals surface area contributed by atoms with Crippen LogP contribution in [0.3, 0.4) is 0 Å². The zero-order chi connectivity index (χ0) is 23.6. The fourth-order valence-corrected chi connectivity index (χ4v) is 5.26. The van der Waals surface area contributed by atoms with Crippen molar-refractivity contribution in [2.45, 2.75) is 79.8 Å². The Morgan fingerprint density at radius 1 is 1.13 bits per heavy atom. The zero-order valence-electron chi connectivity index (χ0n) is 20.3. The van der Waals surface area contributed by atoms with Crippen LogP contribution in [-0.4, -0.2) is 32.2 Å². The number of allylic oxidation sites excluding steroid dienone is 2. The van der Waals surface area contributed by atoms with Gasteiger partial charge in [0.15, 0.2) is 0 Å². The highest BCUT2D eigenvalue weighted by atomic mass is 16.6. The molecule has 2 N–H and O–H groups in total. The van der Waals surface area contributed by atoms with Gasteiger partial charge in [0.1, 0.15) is 17.0 Å². The highest BCUT2D eigenvalue weighted by Gasteiger charge is 2.47. The van der Waals surface area contributed by atoms with Gasteiger partial charge in [-0.3, -0.25) is 0 Å². The number of carbonyl (C=O) groups is 2. The van der Waals surface area contributed by atoms with Crippen molar-refractivity contribution < 1.29 is 19.4 Å². The topological polar surface area (TPSA) is 84.3 Å². The Hall–Kier alpha value is -2.76. The van der Waals surface area contributed by atoms with Crippen LogP contribution in [0.2, 0.25) is 0 Å². The van der Waals surface area contributed by atoms with E-state index in [2.05, 4.69) is 25.8 Å². The van der Waals surface area contributed by atoms with Crippen LogP contribution in [0.5, 0.6) is 0 Å². The summed E-state index contributed by atoms with van der Waals surface area (Å²) in [5.41, 5.74) is 7.44. The summed E-state index contributed by atoms with van der Waals surface area (Å²) in [6.45, 7) is 17.7. The first-order chi connectivity index (χ1) is 14.2. The number of ether oxygens (including phenoxy) is 1. The van der Waals surface area contributed by atoms with Crippen molar-refractivity contribution in [2.24, 2.45) is 7.05 Å². The van der Waals surface area contributed by atoms with Crippen LogP contribution in [0, 0.1) is 13.8 Å². The number of nitrogens with one attached hydrogen (secondary N) is 1. The number of rotatable bonds is 4. The summed E-state index contributed by atoms with van der Waals surface area (Å²) in [7, 11) is 1.82. The molecule has 1 aliphatic rings. The lowest BCUT2D eigenvalue weighted by molar-refractivity contribution is 0.00623. The Bertz CT molecular complexity index is 1140. The second-order valence-corrected chi connectivity index (χ2v) is 9.77. The molecule has 0 bridgehead atoms. The van der Waals surface area contributed by atoms with Gasteiger partial charge in [0.2, 0.25) is 0 Å². The van der Waals surface area contributed by atoms with Gasteiger partial charge in [0.05, 0.1) is 5.41 Å². The molecule has 2 aromatic heterocycles. The zero-order valence-corrected chi connectivity index (χ0v) is 20.3. The van der Waals surface area contributed by atoms with E-state index in [1.807, 2.05) is 48.6 Å². The third-order valence-corrected chi connectivity index (χ3v) is 6.84. The van der Waals surface area contributed by atoms with E-state index >= 15 is 0 Å². The molecule has 6 nitrogen and oxygen atoms in total. The van der Waals surface area contributed by atoms with Crippen LogP contribution in [0.25, 0.3) is 5.57 Å². The van der Waals surface area contributed by atoms with E-state index in [9.17, 15) is 14.7 Å².